The number of unbranched alkanes of at least 4 members (excludes halogenated alkanes) is 1. The minimum absolute atomic E-state index is 0. The largest absolute Gasteiger partial charge is 0.306 e. The molecule has 0 saturated carbocycles. The molecule has 1 aliphatic rings. The standard InChI is InChI=1S/C21H26ClN3O3S.ClH/c1-25(13-11-16-6-2-3-7-19(16)22)12-5-4-8-21(26)17-9-10-20-18(14-17)15-23-29(27,28)24-20;/h2-3,6-7,9-10,14,23-24H,4-5,8,11-13,15H2,1H3;1H. The topological polar surface area (TPSA) is 78.5 Å². The Bertz CT molecular complexity index is 983. The van der Waals surface area contributed by atoms with E-state index in [4.69, 9.17) is 11.6 Å². The van der Waals surface area contributed by atoms with E-state index in [1.54, 1.807) is 18.2 Å². The Morgan fingerprint density at radius 3 is 2.67 bits per heavy atom. The number of ketones is 1. The third-order valence-electron chi connectivity index (χ3n) is 5.04. The Balaban J connectivity index is 0.00000320. The zero-order valence-electron chi connectivity index (χ0n) is 16.9. The summed E-state index contributed by atoms with van der Waals surface area (Å²) in [6.45, 7) is 2.04. The third kappa shape index (κ3) is 6.96. The average Bonchev–Trinajstić information content (AvgIpc) is 2.69. The number of carbonyl (C=O) groups excluding carboxylic acids is 1. The van der Waals surface area contributed by atoms with Gasteiger partial charge in [0.25, 0.3) is 10.2 Å². The average molecular weight is 472 g/mol. The Morgan fingerprint density at radius 1 is 1.13 bits per heavy atom. The lowest BCUT2D eigenvalue weighted by atomic mass is 10.0. The molecule has 2 aromatic rings. The molecule has 1 aliphatic heterocycles. The molecule has 3 rings (SSSR count). The molecule has 0 radical (unpaired) electrons. The van der Waals surface area contributed by atoms with E-state index in [0.29, 0.717) is 17.7 Å². The van der Waals surface area contributed by atoms with Gasteiger partial charge in [0.1, 0.15) is 0 Å². The number of Topliss-reactive ketones (excluding diaryl/α,β-unsaturated/α-hetero) is 1. The normalized spacial score (nSPS) is 14.5. The number of anilines is 1. The molecular weight excluding hydrogens is 445 g/mol. The smallest absolute Gasteiger partial charge is 0.299 e. The number of rotatable bonds is 9. The van der Waals surface area contributed by atoms with Crippen molar-refractivity contribution in [3.05, 3.63) is 64.2 Å². The van der Waals surface area contributed by atoms with Crippen molar-refractivity contribution in [2.24, 2.45) is 0 Å². The van der Waals surface area contributed by atoms with Gasteiger partial charge in [-0.15, -0.1) is 12.4 Å². The lowest BCUT2D eigenvalue weighted by Gasteiger charge is -2.19. The second kappa shape index (κ2) is 11.1. The van der Waals surface area contributed by atoms with Crippen LogP contribution in [0.3, 0.4) is 0 Å². The first-order valence-electron chi connectivity index (χ1n) is 9.69. The number of carbonyl (C=O) groups is 1. The predicted octanol–water partition coefficient (Wildman–Crippen LogP) is 4.05. The van der Waals surface area contributed by atoms with Gasteiger partial charge in [0.15, 0.2) is 5.78 Å². The van der Waals surface area contributed by atoms with Gasteiger partial charge in [0.05, 0.1) is 5.69 Å². The van der Waals surface area contributed by atoms with E-state index in [9.17, 15) is 13.2 Å². The van der Waals surface area contributed by atoms with Crippen molar-refractivity contribution in [3.8, 4) is 0 Å². The van der Waals surface area contributed by atoms with Gasteiger partial charge < -0.3 is 4.90 Å². The van der Waals surface area contributed by atoms with Crippen LogP contribution in [0.4, 0.5) is 5.69 Å². The van der Waals surface area contributed by atoms with Crippen LogP contribution in [0, 0.1) is 0 Å². The molecule has 0 atom stereocenters. The summed E-state index contributed by atoms with van der Waals surface area (Å²) in [4.78, 5) is 14.7. The van der Waals surface area contributed by atoms with E-state index >= 15 is 0 Å². The van der Waals surface area contributed by atoms with Crippen LogP contribution in [0.15, 0.2) is 42.5 Å². The van der Waals surface area contributed by atoms with Gasteiger partial charge in [0, 0.05) is 30.1 Å². The predicted molar refractivity (Wildman–Crippen MR) is 124 cm³/mol. The van der Waals surface area contributed by atoms with Crippen LogP contribution in [-0.4, -0.2) is 39.2 Å². The van der Waals surface area contributed by atoms with Crippen LogP contribution in [-0.2, 0) is 23.2 Å². The maximum atomic E-state index is 12.5. The number of benzene rings is 2. The maximum Gasteiger partial charge on any atom is 0.299 e. The summed E-state index contributed by atoms with van der Waals surface area (Å²) in [5, 5.41) is 0.805. The fourth-order valence-electron chi connectivity index (χ4n) is 3.30. The molecule has 164 valence electrons. The number of likely N-dealkylation sites (N-methyl/N-ethyl adjacent to an activating group) is 1. The summed E-state index contributed by atoms with van der Waals surface area (Å²) < 4.78 is 27.9. The molecule has 0 bridgehead atoms. The fraction of sp³-hybridized carbons (Fsp3) is 0.381. The summed E-state index contributed by atoms with van der Waals surface area (Å²) >= 11 is 6.19. The lowest BCUT2D eigenvalue weighted by molar-refractivity contribution is 0.0978. The van der Waals surface area contributed by atoms with Gasteiger partial charge in [-0.2, -0.15) is 13.1 Å². The molecule has 9 heteroatoms. The van der Waals surface area contributed by atoms with Crippen molar-refractivity contribution >= 4 is 45.7 Å². The Morgan fingerprint density at radius 2 is 1.90 bits per heavy atom. The SMILES string of the molecule is CN(CCCCC(=O)c1ccc2c(c1)CNS(=O)(=O)N2)CCc1ccccc1Cl.Cl. The molecule has 0 amide bonds. The van der Waals surface area contributed by atoms with Crippen LogP contribution in [0.1, 0.15) is 40.7 Å². The monoisotopic (exact) mass is 471 g/mol. The second-order valence-corrected chi connectivity index (χ2v) is 9.23. The zero-order chi connectivity index (χ0) is 20.9. The van der Waals surface area contributed by atoms with E-state index in [-0.39, 0.29) is 24.7 Å². The van der Waals surface area contributed by atoms with Gasteiger partial charge in [-0.05, 0) is 68.2 Å². The van der Waals surface area contributed by atoms with Crippen molar-refractivity contribution in [2.45, 2.75) is 32.2 Å². The Labute approximate surface area is 189 Å². The molecule has 0 saturated heterocycles. The molecule has 0 unspecified atom stereocenters. The van der Waals surface area contributed by atoms with E-state index in [1.807, 2.05) is 24.3 Å². The highest BCUT2D eigenvalue weighted by molar-refractivity contribution is 7.90. The van der Waals surface area contributed by atoms with Gasteiger partial charge in [-0.3, -0.25) is 9.52 Å². The summed E-state index contributed by atoms with van der Waals surface area (Å²) in [5.41, 5.74) is 3.09. The van der Waals surface area contributed by atoms with Crippen molar-refractivity contribution in [3.63, 3.8) is 0 Å². The van der Waals surface area contributed by atoms with Gasteiger partial charge >= 0.3 is 0 Å². The van der Waals surface area contributed by atoms with E-state index in [2.05, 4.69) is 21.4 Å². The molecule has 0 fully saturated rings. The first-order valence-corrected chi connectivity index (χ1v) is 11.6. The van der Waals surface area contributed by atoms with Crippen LogP contribution in [0.25, 0.3) is 0 Å². The van der Waals surface area contributed by atoms with Crippen molar-refractivity contribution in [2.75, 3.05) is 24.9 Å². The van der Waals surface area contributed by atoms with E-state index in [0.717, 1.165) is 48.5 Å². The minimum atomic E-state index is -3.48. The minimum Gasteiger partial charge on any atom is -0.306 e. The summed E-state index contributed by atoms with van der Waals surface area (Å²) in [6.07, 6.45) is 3.15. The molecule has 2 N–H and O–H groups in total. The highest BCUT2D eigenvalue weighted by Gasteiger charge is 2.20. The molecule has 6 nitrogen and oxygen atoms in total. The number of halogens is 2. The molecule has 0 aliphatic carbocycles. The highest BCUT2D eigenvalue weighted by atomic mass is 35.5. The Hall–Kier alpha value is -1.64. The number of nitrogens with one attached hydrogen (secondary N) is 2. The molecule has 2 aromatic carbocycles. The van der Waals surface area contributed by atoms with Crippen molar-refractivity contribution in [1.29, 1.82) is 0 Å². The molecule has 1 heterocycles. The number of fused-ring (bicyclic) bond motifs is 1. The maximum absolute atomic E-state index is 12.5. The van der Waals surface area contributed by atoms with Crippen LogP contribution >= 0.6 is 24.0 Å². The number of hydrogen-bond donors (Lipinski definition) is 2. The molecule has 30 heavy (non-hydrogen) atoms. The van der Waals surface area contributed by atoms with Crippen molar-refractivity contribution in [1.82, 2.24) is 9.62 Å². The van der Waals surface area contributed by atoms with Crippen LogP contribution in [0.5, 0.6) is 0 Å². The second-order valence-electron chi connectivity index (χ2n) is 7.32. The van der Waals surface area contributed by atoms with Gasteiger partial charge in [0.2, 0.25) is 0 Å². The van der Waals surface area contributed by atoms with Gasteiger partial charge in [-0.25, -0.2) is 0 Å². The summed E-state index contributed by atoms with van der Waals surface area (Å²) in [6, 6.07) is 13.0. The van der Waals surface area contributed by atoms with Crippen molar-refractivity contribution < 1.29 is 13.2 Å². The van der Waals surface area contributed by atoms with E-state index < -0.39 is 10.2 Å². The van der Waals surface area contributed by atoms with E-state index in [1.165, 1.54) is 0 Å². The Kier molecular flexibility index (Phi) is 9.12. The summed E-state index contributed by atoms with van der Waals surface area (Å²) in [7, 11) is -1.40. The van der Waals surface area contributed by atoms with Gasteiger partial charge in [-0.1, -0.05) is 29.8 Å². The third-order valence-corrected chi connectivity index (χ3v) is 6.42. The molecule has 0 spiro atoms. The zero-order valence-corrected chi connectivity index (χ0v) is 19.2. The summed E-state index contributed by atoms with van der Waals surface area (Å²) in [5.74, 6) is 0.0833. The first-order chi connectivity index (χ1) is 13.8. The fourth-order valence-corrected chi connectivity index (χ4v) is 4.44. The lowest BCUT2D eigenvalue weighted by Crippen LogP contribution is -2.34. The highest BCUT2D eigenvalue weighted by Crippen LogP contribution is 2.23. The molecule has 0 aromatic heterocycles. The number of hydrogen-bond acceptors (Lipinski definition) is 4. The number of nitrogens with zero attached hydrogens (tertiary/aromatic N) is 1. The first kappa shape index (κ1) is 24.6. The van der Waals surface area contributed by atoms with Crippen LogP contribution in [0.2, 0.25) is 5.02 Å². The molecular formula is C21H27Cl2N3O3S. The van der Waals surface area contributed by atoms with Crippen LogP contribution < -0.4 is 9.44 Å². The quantitative estimate of drug-likeness (QED) is 0.427.